The molecule has 0 N–H and O–H groups in total. The van der Waals surface area contributed by atoms with Crippen LogP contribution >= 0.6 is 46.3 Å². The third kappa shape index (κ3) is 3.70. The predicted octanol–water partition coefficient (Wildman–Crippen LogP) is 6.12. The molecule has 0 aliphatic heterocycles. The summed E-state index contributed by atoms with van der Waals surface area (Å²) in [5.74, 6) is 1.35. The number of allylic oxidation sites excluding steroid dienone is 1. The van der Waals surface area contributed by atoms with Crippen LogP contribution in [0, 0.1) is 0 Å². The SMILES string of the molecule is C=CCn1c(CSc2ccc(Cl)c(Cl)c2)nc2sc3c(c2c1=O)CCCC3. The van der Waals surface area contributed by atoms with Crippen LogP contribution in [0.15, 0.2) is 40.5 Å². The molecule has 0 unspecified atom stereocenters. The van der Waals surface area contributed by atoms with Gasteiger partial charge in [-0.2, -0.15) is 0 Å². The Morgan fingerprint density at radius 1 is 1.26 bits per heavy atom. The zero-order chi connectivity index (χ0) is 19.0. The van der Waals surface area contributed by atoms with Gasteiger partial charge < -0.3 is 0 Å². The van der Waals surface area contributed by atoms with E-state index in [1.165, 1.54) is 16.9 Å². The van der Waals surface area contributed by atoms with Gasteiger partial charge in [0, 0.05) is 16.3 Å². The van der Waals surface area contributed by atoms with Gasteiger partial charge in [-0.3, -0.25) is 9.36 Å². The number of rotatable bonds is 5. The molecule has 3 nitrogen and oxygen atoms in total. The highest BCUT2D eigenvalue weighted by Gasteiger charge is 2.21. The first-order chi connectivity index (χ1) is 13.1. The number of thiophene rings is 1. The van der Waals surface area contributed by atoms with Gasteiger partial charge in [0.2, 0.25) is 0 Å². The molecular formula is C20H18Cl2N2OS2. The Bertz CT molecular complexity index is 1090. The summed E-state index contributed by atoms with van der Waals surface area (Å²) >= 11 is 15.4. The minimum absolute atomic E-state index is 0.0593. The van der Waals surface area contributed by atoms with Crippen LogP contribution in [-0.2, 0) is 25.1 Å². The Hall–Kier alpha value is -1.27. The molecule has 0 saturated heterocycles. The molecule has 1 aliphatic carbocycles. The molecule has 1 aromatic carbocycles. The number of thioether (sulfide) groups is 1. The van der Waals surface area contributed by atoms with Crippen molar-refractivity contribution >= 4 is 56.5 Å². The first-order valence-electron chi connectivity index (χ1n) is 8.81. The average molecular weight is 437 g/mol. The summed E-state index contributed by atoms with van der Waals surface area (Å²) in [5.41, 5.74) is 1.28. The average Bonchev–Trinajstić information content (AvgIpc) is 3.04. The second-order valence-corrected chi connectivity index (χ2v) is 9.43. The van der Waals surface area contributed by atoms with Crippen LogP contribution < -0.4 is 5.56 Å². The summed E-state index contributed by atoms with van der Waals surface area (Å²) in [5, 5.41) is 1.88. The Labute approximate surface area is 176 Å². The van der Waals surface area contributed by atoms with Gasteiger partial charge in [-0.1, -0.05) is 29.3 Å². The van der Waals surface area contributed by atoms with E-state index in [4.69, 9.17) is 28.2 Å². The molecule has 0 radical (unpaired) electrons. The van der Waals surface area contributed by atoms with E-state index in [-0.39, 0.29) is 5.56 Å². The summed E-state index contributed by atoms with van der Waals surface area (Å²) < 4.78 is 1.75. The highest BCUT2D eigenvalue weighted by atomic mass is 35.5. The molecule has 0 atom stereocenters. The van der Waals surface area contributed by atoms with Crippen molar-refractivity contribution in [1.82, 2.24) is 9.55 Å². The van der Waals surface area contributed by atoms with Crippen LogP contribution in [0.1, 0.15) is 29.1 Å². The van der Waals surface area contributed by atoms with Gasteiger partial charge in [0.15, 0.2) is 0 Å². The molecule has 7 heteroatoms. The predicted molar refractivity (Wildman–Crippen MR) is 117 cm³/mol. The van der Waals surface area contributed by atoms with Gasteiger partial charge in [0.1, 0.15) is 10.7 Å². The molecule has 0 fully saturated rings. The lowest BCUT2D eigenvalue weighted by Crippen LogP contribution is -2.25. The fraction of sp³-hybridized carbons (Fsp3) is 0.300. The molecule has 0 saturated carbocycles. The standard InChI is InChI=1S/C20H18Cl2N2OS2/c1-2-9-24-17(11-26-12-7-8-14(21)15(22)10-12)23-19-18(20(24)25)13-5-3-4-6-16(13)27-19/h2,7-8,10H,1,3-6,9,11H2. The van der Waals surface area contributed by atoms with Gasteiger partial charge in [-0.25, -0.2) is 4.98 Å². The molecule has 27 heavy (non-hydrogen) atoms. The monoisotopic (exact) mass is 436 g/mol. The number of aryl methyl sites for hydroxylation is 2. The third-order valence-electron chi connectivity index (χ3n) is 4.72. The van der Waals surface area contributed by atoms with Crippen molar-refractivity contribution in [3.63, 3.8) is 0 Å². The summed E-state index contributed by atoms with van der Waals surface area (Å²) in [6, 6.07) is 5.55. The summed E-state index contributed by atoms with van der Waals surface area (Å²) in [4.78, 5) is 21.3. The molecule has 2 heterocycles. The highest BCUT2D eigenvalue weighted by Crippen LogP contribution is 2.35. The Balaban J connectivity index is 1.74. The molecule has 0 spiro atoms. The number of hydrogen-bond acceptors (Lipinski definition) is 4. The van der Waals surface area contributed by atoms with E-state index in [2.05, 4.69) is 6.58 Å². The van der Waals surface area contributed by atoms with Gasteiger partial charge in [0.25, 0.3) is 5.56 Å². The van der Waals surface area contributed by atoms with E-state index in [9.17, 15) is 4.79 Å². The third-order valence-corrected chi connectivity index (χ3v) is 7.64. The number of fused-ring (bicyclic) bond motifs is 3. The Kier molecular flexibility index (Phi) is 5.65. The van der Waals surface area contributed by atoms with Crippen molar-refractivity contribution < 1.29 is 0 Å². The van der Waals surface area contributed by atoms with E-state index in [0.29, 0.717) is 22.3 Å². The second-order valence-electron chi connectivity index (χ2n) is 6.49. The normalized spacial score (nSPS) is 13.7. The quantitative estimate of drug-likeness (QED) is 0.356. The molecule has 1 aliphatic rings. The zero-order valence-electron chi connectivity index (χ0n) is 14.6. The Morgan fingerprint density at radius 2 is 2.07 bits per heavy atom. The second kappa shape index (κ2) is 8.00. The van der Waals surface area contributed by atoms with E-state index >= 15 is 0 Å². The van der Waals surface area contributed by atoms with Gasteiger partial charge in [-0.15, -0.1) is 29.7 Å². The van der Waals surface area contributed by atoms with E-state index in [1.54, 1.807) is 39.8 Å². The van der Waals surface area contributed by atoms with Gasteiger partial charge >= 0.3 is 0 Å². The molecule has 4 rings (SSSR count). The minimum Gasteiger partial charge on any atom is -0.291 e. The maximum absolute atomic E-state index is 13.2. The first-order valence-corrected chi connectivity index (χ1v) is 11.4. The van der Waals surface area contributed by atoms with Crippen LogP contribution in [0.25, 0.3) is 10.2 Å². The van der Waals surface area contributed by atoms with Crippen molar-refractivity contribution in [2.24, 2.45) is 0 Å². The van der Waals surface area contributed by atoms with Crippen molar-refractivity contribution in [2.45, 2.75) is 42.9 Å². The van der Waals surface area contributed by atoms with Crippen molar-refractivity contribution in [3.05, 3.63) is 67.5 Å². The first kappa shape index (κ1) is 19.1. The number of benzene rings is 1. The molecule has 3 aromatic rings. The largest absolute Gasteiger partial charge is 0.291 e. The van der Waals surface area contributed by atoms with Crippen molar-refractivity contribution in [2.75, 3.05) is 0 Å². The fourth-order valence-electron chi connectivity index (χ4n) is 3.42. The maximum Gasteiger partial charge on any atom is 0.262 e. The molecule has 2 aromatic heterocycles. The topological polar surface area (TPSA) is 34.9 Å². The smallest absolute Gasteiger partial charge is 0.262 e. The summed E-state index contributed by atoms with van der Waals surface area (Å²) in [7, 11) is 0. The molecule has 0 bridgehead atoms. The Morgan fingerprint density at radius 3 is 2.85 bits per heavy atom. The molecule has 0 amide bonds. The van der Waals surface area contributed by atoms with E-state index < -0.39 is 0 Å². The summed E-state index contributed by atoms with van der Waals surface area (Å²) in [6.07, 6.45) is 6.14. The van der Waals surface area contributed by atoms with Crippen molar-refractivity contribution in [1.29, 1.82) is 0 Å². The van der Waals surface area contributed by atoms with E-state index in [0.717, 1.165) is 40.2 Å². The van der Waals surface area contributed by atoms with Gasteiger partial charge in [0.05, 0.1) is 21.2 Å². The number of aromatic nitrogens is 2. The molecule has 140 valence electrons. The molecular weight excluding hydrogens is 419 g/mol. The fourth-order valence-corrected chi connectivity index (χ4v) is 5.94. The van der Waals surface area contributed by atoms with Crippen molar-refractivity contribution in [3.8, 4) is 0 Å². The number of hydrogen-bond donors (Lipinski definition) is 0. The van der Waals surface area contributed by atoms with Crippen LogP contribution in [0.5, 0.6) is 0 Å². The summed E-state index contributed by atoms with van der Waals surface area (Å²) in [6.45, 7) is 4.27. The van der Waals surface area contributed by atoms with Crippen LogP contribution in [0.4, 0.5) is 0 Å². The lowest BCUT2D eigenvalue weighted by molar-refractivity contribution is 0.695. The number of nitrogens with zero attached hydrogens (tertiary/aromatic N) is 2. The highest BCUT2D eigenvalue weighted by molar-refractivity contribution is 7.98. The van der Waals surface area contributed by atoms with Gasteiger partial charge in [-0.05, 0) is 49.4 Å². The number of halogens is 2. The zero-order valence-corrected chi connectivity index (χ0v) is 17.8. The lowest BCUT2D eigenvalue weighted by atomic mass is 9.97. The van der Waals surface area contributed by atoms with Crippen LogP contribution in [-0.4, -0.2) is 9.55 Å². The van der Waals surface area contributed by atoms with E-state index in [1.807, 2.05) is 12.1 Å². The lowest BCUT2D eigenvalue weighted by Gasteiger charge is -2.12. The minimum atomic E-state index is 0.0593. The van der Waals surface area contributed by atoms with Crippen LogP contribution in [0.2, 0.25) is 10.0 Å². The maximum atomic E-state index is 13.2. The van der Waals surface area contributed by atoms with Crippen LogP contribution in [0.3, 0.4) is 0 Å².